The van der Waals surface area contributed by atoms with Gasteiger partial charge in [0, 0.05) is 12.6 Å². The van der Waals surface area contributed by atoms with Crippen LogP contribution in [0.5, 0.6) is 11.5 Å². The van der Waals surface area contributed by atoms with E-state index in [0.717, 1.165) is 23.6 Å². The van der Waals surface area contributed by atoms with Crippen molar-refractivity contribution in [2.24, 2.45) is 0 Å². The molecular formula is C18H21NO2. The lowest BCUT2D eigenvalue weighted by atomic mass is 10.1. The first-order valence-corrected chi connectivity index (χ1v) is 7.43. The van der Waals surface area contributed by atoms with E-state index in [-0.39, 0.29) is 6.10 Å². The minimum absolute atomic E-state index is 0.0352. The van der Waals surface area contributed by atoms with Crippen LogP contribution in [0.4, 0.5) is 0 Å². The first kappa shape index (κ1) is 14.0. The van der Waals surface area contributed by atoms with Gasteiger partial charge in [0.1, 0.15) is 6.61 Å². The summed E-state index contributed by atoms with van der Waals surface area (Å²) < 4.78 is 11.8. The molecule has 0 amide bonds. The summed E-state index contributed by atoms with van der Waals surface area (Å²) >= 11 is 0. The van der Waals surface area contributed by atoms with E-state index >= 15 is 0 Å². The zero-order valence-corrected chi connectivity index (χ0v) is 12.5. The summed E-state index contributed by atoms with van der Waals surface area (Å²) in [6.45, 7) is 5.75. The third-order valence-electron chi connectivity index (χ3n) is 3.57. The highest BCUT2D eigenvalue weighted by Crippen LogP contribution is 2.35. The van der Waals surface area contributed by atoms with Crippen LogP contribution in [0.25, 0.3) is 0 Å². The molecule has 1 unspecified atom stereocenters. The van der Waals surface area contributed by atoms with Gasteiger partial charge in [0.25, 0.3) is 0 Å². The second-order valence-electron chi connectivity index (χ2n) is 5.64. The Morgan fingerprint density at radius 1 is 1.05 bits per heavy atom. The summed E-state index contributed by atoms with van der Waals surface area (Å²) in [6.07, 6.45) is -0.0352. The van der Waals surface area contributed by atoms with Crippen LogP contribution in [0.2, 0.25) is 0 Å². The minimum Gasteiger partial charge on any atom is -0.485 e. The van der Waals surface area contributed by atoms with Gasteiger partial charge in [-0.1, -0.05) is 50.2 Å². The normalized spacial score (nSPS) is 17.0. The van der Waals surface area contributed by atoms with Crippen molar-refractivity contribution in [3.8, 4) is 11.5 Å². The van der Waals surface area contributed by atoms with Gasteiger partial charge in [-0.05, 0) is 23.3 Å². The van der Waals surface area contributed by atoms with Gasteiger partial charge in [-0.2, -0.15) is 0 Å². The van der Waals surface area contributed by atoms with Crippen molar-refractivity contribution in [1.82, 2.24) is 5.32 Å². The Hall–Kier alpha value is -2.00. The maximum absolute atomic E-state index is 6.02. The summed E-state index contributed by atoms with van der Waals surface area (Å²) in [4.78, 5) is 0. The summed E-state index contributed by atoms with van der Waals surface area (Å²) in [7, 11) is 0. The second kappa shape index (κ2) is 6.19. The molecule has 1 aliphatic heterocycles. The minimum atomic E-state index is -0.0352. The molecule has 21 heavy (non-hydrogen) atoms. The first-order chi connectivity index (χ1) is 10.2. The van der Waals surface area contributed by atoms with Gasteiger partial charge >= 0.3 is 0 Å². The van der Waals surface area contributed by atoms with Crippen LogP contribution >= 0.6 is 0 Å². The Morgan fingerprint density at radius 2 is 1.76 bits per heavy atom. The van der Waals surface area contributed by atoms with Crippen LogP contribution in [-0.4, -0.2) is 12.6 Å². The molecule has 0 fully saturated rings. The Morgan fingerprint density at radius 3 is 2.48 bits per heavy atom. The van der Waals surface area contributed by atoms with Gasteiger partial charge in [-0.25, -0.2) is 0 Å². The van der Waals surface area contributed by atoms with Crippen LogP contribution in [0, 0.1) is 0 Å². The summed E-state index contributed by atoms with van der Waals surface area (Å²) in [5, 5.41) is 3.42. The standard InChI is InChI=1S/C18H21NO2/c1-13(2)19-11-14-7-9-15(10-8-14)18-12-20-16-5-3-4-6-17(16)21-18/h3-10,13,18-19H,11-12H2,1-2H3. The van der Waals surface area contributed by atoms with Crippen molar-refractivity contribution in [1.29, 1.82) is 0 Å². The quantitative estimate of drug-likeness (QED) is 0.928. The number of ether oxygens (including phenoxy) is 2. The van der Waals surface area contributed by atoms with Crippen molar-refractivity contribution in [3.05, 3.63) is 59.7 Å². The van der Waals surface area contributed by atoms with Gasteiger partial charge in [-0.15, -0.1) is 0 Å². The molecule has 1 N–H and O–H groups in total. The van der Waals surface area contributed by atoms with E-state index in [1.54, 1.807) is 0 Å². The van der Waals surface area contributed by atoms with E-state index < -0.39 is 0 Å². The Labute approximate surface area is 125 Å². The average Bonchev–Trinajstić information content (AvgIpc) is 2.53. The molecule has 110 valence electrons. The van der Waals surface area contributed by atoms with Crippen molar-refractivity contribution in [3.63, 3.8) is 0 Å². The number of rotatable bonds is 4. The third-order valence-corrected chi connectivity index (χ3v) is 3.57. The molecule has 0 aromatic heterocycles. The third kappa shape index (κ3) is 3.37. The highest BCUT2D eigenvalue weighted by atomic mass is 16.6. The highest BCUT2D eigenvalue weighted by molar-refractivity contribution is 5.41. The largest absolute Gasteiger partial charge is 0.485 e. The highest BCUT2D eigenvalue weighted by Gasteiger charge is 2.21. The molecule has 0 spiro atoms. The maximum atomic E-state index is 6.02. The van der Waals surface area contributed by atoms with Crippen LogP contribution in [0.15, 0.2) is 48.5 Å². The molecular weight excluding hydrogens is 262 g/mol. The maximum Gasteiger partial charge on any atom is 0.162 e. The van der Waals surface area contributed by atoms with Crippen LogP contribution in [-0.2, 0) is 6.54 Å². The number of hydrogen-bond donors (Lipinski definition) is 1. The molecule has 3 heteroatoms. The zero-order valence-electron chi connectivity index (χ0n) is 12.5. The molecule has 1 heterocycles. The monoisotopic (exact) mass is 283 g/mol. The molecule has 2 aromatic rings. The Kier molecular flexibility index (Phi) is 4.11. The van der Waals surface area contributed by atoms with E-state index in [4.69, 9.17) is 9.47 Å². The molecule has 0 saturated carbocycles. The zero-order chi connectivity index (χ0) is 14.7. The topological polar surface area (TPSA) is 30.5 Å². The van der Waals surface area contributed by atoms with Gasteiger partial charge < -0.3 is 14.8 Å². The van der Waals surface area contributed by atoms with E-state index in [1.165, 1.54) is 5.56 Å². The van der Waals surface area contributed by atoms with Crippen molar-refractivity contribution < 1.29 is 9.47 Å². The van der Waals surface area contributed by atoms with Crippen molar-refractivity contribution >= 4 is 0 Å². The SMILES string of the molecule is CC(C)NCc1ccc(C2COc3ccccc3O2)cc1. The lowest BCUT2D eigenvalue weighted by Crippen LogP contribution is -2.22. The van der Waals surface area contributed by atoms with Crippen LogP contribution < -0.4 is 14.8 Å². The molecule has 0 aliphatic carbocycles. The molecule has 1 aliphatic rings. The molecule has 2 aromatic carbocycles. The summed E-state index contributed by atoms with van der Waals surface area (Å²) in [5.41, 5.74) is 2.43. The fraction of sp³-hybridized carbons (Fsp3) is 0.333. The molecule has 0 bridgehead atoms. The molecule has 0 radical (unpaired) electrons. The van der Waals surface area contributed by atoms with Crippen LogP contribution in [0.3, 0.4) is 0 Å². The summed E-state index contributed by atoms with van der Waals surface area (Å²) in [5.74, 6) is 1.64. The van der Waals surface area contributed by atoms with Gasteiger partial charge in [0.05, 0.1) is 0 Å². The predicted molar refractivity (Wildman–Crippen MR) is 83.7 cm³/mol. The van der Waals surface area contributed by atoms with E-state index in [0.29, 0.717) is 12.6 Å². The van der Waals surface area contributed by atoms with Crippen molar-refractivity contribution in [2.45, 2.75) is 32.5 Å². The fourth-order valence-electron chi connectivity index (χ4n) is 2.36. The van der Waals surface area contributed by atoms with Crippen LogP contribution in [0.1, 0.15) is 31.1 Å². The molecule has 3 rings (SSSR count). The molecule has 3 nitrogen and oxygen atoms in total. The first-order valence-electron chi connectivity index (χ1n) is 7.43. The average molecular weight is 283 g/mol. The fourth-order valence-corrected chi connectivity index (χ4v) is 2.36. The van der Waals surface area contributed by atoms with E-state index in [2.05, 4.69) is 43.4 Å². The Balaban J connectivity index is 1.68. The number of hydrogen-bond acceptors (Lipinski definition) is 3. The lowest BCUT2D eigenvalue weighted by Gasteiger charge is -2.26. The smallest absolute Gasteiger partial charge is 0.162 e. The Bertz CT molecular complexity index is 592. The number of nitrogens with one attached hydrogen (secondary N) is 1. The second-order valence-corrected chi connectivity index (χ2v) is 5.64. The van der Waals surface area contributed by atoms with Crippen molar-refractivity contribution in [2.75, 3.05) is 6.61 Å². The van der Waals surface area contributed by atoms with E-state index in [9.17, 15) is 0 Å². The predicted octanol–water partition coefficient (Wildman–Crippen LogP) is 3.70. The lowest BCUT2D eigenvalue weighted by molar-refractivity contribution is 0.0913. The summed E-state index contributed by atoms with van der Waals surface area (Å²) in [6, 6.07) is 16.8. The van der Waals surface area contributed by atoms with Gasteiger partial charge in [0.15, 0.2) is 17.6 Å². The number of benzene rings is 2. The van der Waals surface area contributed by atoms with Gasteiger partial charge in [-0.3, -0.25) is 0 Å². The number of fused-ring (bicyclic) bond motifs is 1. The number of para-hydroxylation sites is 2. The molecule has 0 saturated heterocycles. The molecule has 1 atom stereocenters. The van der Waals surface area contributed by atoms with E-state index in [1.807, 2.05) is 24.3 Å². The van der Waals surface area contributed by atoms with Gasteiger partial charge in [0.2, 0.25) is 0 Å².